The normalized spacial score (nSPS) is 21.1. The maximum atomic E-state index is 11.8. The number of nitrogens with two attached hydrogens (primary N) is 1. The fraction of sp³-hybridized carbons (Fsp3) is 0.588. The van der Waals surface area contributed by atoms with E-state index >= 15 is 0 Å². The lowest BCUT2D eigenvalue weighted by Gasteiger charge is -2.24. The number of rotatable bonds is 3. The predicted octanol–water partition coefficient (Wildman–Crippen LogP) is 3.26. The maximum Gasteiger partial charge on any atom is 0.412 e. The van der Waals surface area contributed by atoms with Gasteiger partial charge < -0.3 is 15.6 Å². The van der Waals surface area contributed by atoms with Crippen molar-refractivity contribution in [2.45, 2.75) is 63.0 Å². The average molecular weight is 304 g/mol. The third-order valence-electron chi connectivity index (χ3n) is 4.68. The molecular formula is C17H24N2O3. The highest BCUT2D eigenvalue weighted by atomic mass is 16.6. The van der Waals surface area contributed by atoms with Crippen LogP contribution >= 0.6 is 0 Å². The van der Waals surface area contributed by atoms with E-state index in [-0.39, 0.29) is 16.7 Å². The number of ether oxygens (including phenoxy) is 1. The smallest absolute Gasteiger partial charge is 0.412 e. The summed E-state index contributed by atoms with van der Waals surface area (Å²) in [6, 6.07) is 5.40. The molecule has 0 unspecified atom stereocenters. The van der Waals surface area contributed by atoms with Gasteiger partial charge in [-0.3, -0.25) is 5.32 Å². The van der Waals surface area contributed by atoms with Crippen molar-refractivity contribution < 1.29 is 14.6 Å². The van der Waals surface area contributed by atoms with Crippen molar-refractivity contribution in [1.82, 2.24) is 0 Å². The minimum absolute atomic E-state index is 0.0227. The van der Waals surface area contributed by atoms with E-state index < -0.39 is 11.7 Å². The Hall–Kier alpha value is -1.75. The summed E-state index contributed by atoms with van der Waals surface area (Å²) in [4.78, 5) is 11.8. The van der Waals surface area contributed by atoms with E-state index in [0.29, 0.717) is 5.69 Å². The number of benzene rings is 1. The van der Waals surface area contributed by atoms with E-state index in [1.807, 2.05) is 6.07 Å². The zero-order chi connectivity index (χ0) is 16.2. The van der Waals surface area contributed by atoms with Crippen LogP contribution in [0.4, 0.5) is 10.5 Å². The maximum absolute atomic E-state index is 11.8. The molecule has 0 aromatic heterocycles. The van der Waals surface area contributed by atoms with E-state index in [2.05, 4.69) is 5.32 Å². The Morgan fingerprint density at radius 2 is 1.91 bits per heavy atom. The Kier molecular flexibility index (Phi) is 3.18. The highest BCUT2D eigenvalue weighted by molar-refractivity contribution is 5.87. The molecule has 0 aliphatic heterocycles. The second-order valence-corrected chi connectivity index (χ2v) is 7.60. The van der Waals surface area contributed by atoms with Gasteiger partial charge in [-0.05, 0) is 64.2 Å². The van der Waals surface area contributed by atoms with Gasteiger partial charge in [0, 0.05) is 11.0 Å². The minimum Gasteiger partial charge on any atom is -0.506 e. The van der Waals surface area contributed by atoms with Crippen molar-refractivity contribution in [1.29, 1.82) is 0 Å². The molecule has 2 aliphatic carbocycles. The fourth-order valence-corrected chi connectivity index (χ4v) is 3.16. The fourth-order valence-electron chi connectivity index (χ4n) is 3.16. The number of carbonyl (C=O) groups excluding carboxylic acids is 1. The Morgan fingerprint density at radius 1 is 1.27 bits per heavy atom. The molecule has 0 bridgehead atoms. The van der Waals surface area contributed by atoms with Crippen molar-refractivity contribution in [3.63, 3.8) is 0 Å². The highest BCUT2D eigenvalue weighted by Gasteiger charge is 2.64. The molecule has 2 fully saturated rings. The first kappa shape index (κ1) is 15.2. The summed E-state index contributed by atoms with van der Waals surface area (Å²) in [5.74, 6) is 0.0545. The molecule has 2 saturated carbocycles. The average Bonchev–Trinajstić information content (AvgIpc) is 3.25. The minimum atomic E-state index is -0.575. The number of nitrogens with one attached hydrogen (secondary N) is 1. The summed E-state index contributed by atoms with van der Waals surface area (Å²) in [5.41, 5.74) is 7.16. The molecule has 1 amide bonds. The Morgan fingerprint density at radius 3 is 2.36 bits per heavy atom. The molecule has 22 heavy (non-hydrogen) atoms. The third-order valence-corrected chi connectivity index (χ3v) is 4.68. The number of phenolic OH excluding ortho intramolecular Hbond substituents is 1. The van der Waals surface area contributed by atoms with E-state index in [0.717, 1.165) is 31.2 Å². The second-order valence-electron chi connectivity index (χ2n) is 7.60. The Bertz CT molecular complexity index is 611. The monoisotopic (exact) mass is 304 g/mol. The number of aromatic hydroxyl groups is 1. The van der Waals surface area contributed by atoms with Gasteiger partial charge in [-0.1, -0.05) is 6.07 Å². The molecule has 120 valence electrons. The van der Waals surface area contributed by atoms with E-state index in [1.54, 1.807) is 32.9 Å². The van der Waals surface area contributed by atoms with Gasteiger partial charge in [-0.25, -0.2) is 4.79 Å². The number of anilines is 1. The molecule has 0 radical (unpaired) electrons. The Labute approximate surface area is 130 Å². The Balaban J connectivity index is 1.75. The molecule has 0 atom stereocenters. The van der Waals surface area contributed by atoms with Gasteiger partial charge in [0.05, 0.1) is 5.69 Å². The molecule has 5 heteroatoms. The lowest BCUT2D eigenvalue weighted by molar-refractivity contribution is 0.0635. The standard InChI is InChI=1S/C17H24N2O3/c1-15(2,3)22-14(21)19-12-5-4-11(10-13(12)20)16(6-7-16)17(18)8-9-17/h4-5,10,20H,6-9,18H2,1-3H3,(H,19,21). The largest absolute Gasteiger partial charge is 0.506 e. The van der Waals surface area contributed by atoms with Crippen molar-refractivity contribution >= 4 is 11.8 Å². The lowest BCUT2D eigenvalue weighted by Crippen LogP contribution is -2.37. The summed E-state index contributed by atoms with van der Waals surface area (Å²) in [5, 5.41) is 12.8. The van der Waals surface area contributed by atoms with Crippen LogP contribution in [0.3, 0.4) is 0 Å². The number of hydrogen-bond donors (Lipinski definition) is 3. The van der Waals surface area contributed by atoms with E-state index in [9.17, 15) is 9.90 Å². The van der Waals surface area contributed by atoms with Crippen LogP contribution in [0, 0.1) is 0 Å². The highest BCUT2D eigenvalue weighted by Crippen LogP contribution is 2.63. The summed E-state index contributed by atoms with van der Waals surface area (Å²) >= 11 is 0. The summed E-state index contributed by atoms with van der Waals surface area (Å²) in [6.07, 6.45) is 3.66. The van der Waals surface area contributed by atoms with Crippen LogP contribution in [-0.2, 0) is 10.2 Å². The van der Waals surface area contributed by atoms with Gasteiger partial charge in [0.1, 0.15) is 11.4 Å². The van der Waals surface area contributed by atoms with Crippen molar-refractivity contribution in [3.05, 3.63) is 23.8 Å². The third kappa shape index (κ3) is 2.65. The van der Waals surface area contributed by atoms with Crippen LogP contribution in [-0.4, -0.2) is 22.3 Å². The quantitative estimate of drug-likeness (QED) is 0.748. The van der Waals surface area contributed by atoms with Crippen LogP contribution in [0.5, 0.6) is 5.75 Å². The zero-order valence-electron chi connectivity index (χ0n) is 13.4. The van der Waals surface area contributed by atoms with Gasteiger partial charge in [-0.15, -0.1) is 0 Å². The summed E-state index contributed by atoms with van der Waals surface area (Å²) in [6.45, 7) is 5.38. The number of hydrogen-bond acceptors (Lipinski definition) is 4. The van der Waals surface area contributed by atoms with Gasteiger partial charge in [0.15, 0.2) is 0 Å². The van der Waals surface area contributed by atoms with Crippen LogP contribution in [0.1, 0.15) is 52.0 Å². The van der Waals surface area contributed by atoms with E-state index in [1.165, 1.54) is 0 Å². The number of phenols is 1. The second kappa shape index (κ2) is 4.62. The SMILES string of the molecule is CC(C)(C)OC(=O)Nc1ccc(C2(C3(N)CC3)CC2)cc1O. The first-order valence-electron chi connectivity index (χ1n) is 7.78. The lowest BCUT2D eigenvalue weighted by atomic mass is 9.86. The first-order chi connectivity index (χ1) is 10.2. The van der Waals surface area contributed by atoms with Crippen LogP contribution in [0.15, 0.2) is 18.2 Å². The van der Waals surface area contributed by atoms with Crippen LogP contribution in [0.2, 0.25) is 0 Å². The van der Waals surface area contributed by atoms with Gasteiger partial charge in [0.25, 0.3) is 0 Å². The molecule has 3 rings (SSSR count). The van der Waals surface area contributed by atoms with Crippen molar-refractivity contribution in [3.8, 4) is 5.75 Å². The molecule has 5 nitrogen and oxygen atoms in total. The topological polar surface area (TPSA) is 84.6 Å². The van der Waals surface area contributed by atoms with Gasteiger partial charge >= 0.3 is 6.09 Å². The summed E-state index contributed by atoms with van der Waals surface area (Å²) < 4.78 is 5.19. The zero-order valence-corrected chi connectivity index (χ0v) is 13.4. The summed E-state index contributed by atoms with van der Waals surface area (Å²) in [7, 11) is 0. The van der Waals surface area contributed by atoms with Crippen LogP contribution in [0.25, 0.3) is 0 Å². The molecule has 4 N–H and O–H groups in total. The number of amides is 1. The molecule has 1 aromatic rings. The predicted molar refractivity (Wildman–Crippen MR) is 85.0 cm³/mol. The van der Waals surface area contributed by atoms with Crippen molar-refractivity contribution in [2.24, 2.45) is 5.73 Å². The molecular weight excluding hydrogens is 280 g/mol. The first-order valence-corrected chi connectivity index (χ1v) is 7.78. The molecule has 1 aromatic carbocycles. The van der Waals surface area contributed by atoms with E-state index in [4.69, 9.17) is 10.5 Å². The van der Waals surface area contributed by atoms with Gasteiger partial charge in [0.2, 0.25) is 0 Å². The molecule has 2 aliphatic rings. The number of carbonyl (C=O) groups is 1. The molecule has 0 heterocycles. The van der Waals surface area contributed by atoms with Crippen molar-refractivity contribution in [2.75, 3.05) is 5.32 Å². The molecule has 0 saturated heterocycles. The molecule has 0 spiro atoms. The van der Waals surface area contributed by atoms with Crippen LogP contribution < -0.4 is 11.1 Å². The van der Waals surface area contributed by atoms with Gasteiger partial charge in [-0.2, -0.15) is 0 Å².